The number of alkyl carbamates (subject to hydrolysis) is 1. The summed E-state index contributed by atoms with van der Waals surface area (Å²) in [5.74, 6) is 0. The Morgan fingerprint density at radius 1 is 1.45 bits per heavy atom. The van der Waals surface area contributed by atoms with Gasteiger partial charge in [-0.2, -0.15) is 0 Å². The number of thiazole rings is 1. The van der Waals surface area contributed by atoms with Crippen LogP contribution in [0.15, 0.2) is 10.9 Å². The van der Waals surface area contributed by atoms with E-state index in [1.54, 1.807) is 11.3 Å². The lowest BCUT2D eigenvalue weighted by molar-refractivity contribution is 0.0463. The van der Waals surface area contributed by atoms with Crippen molar-refractivity contribution in [2.45, 2.75) is 64.3 Å². The van der Waals surface area contributed by atoms with Crippen molar-refractivity contribution in [3.8, 4) is 0 Å². The normalized spacial score (nSPS) is 23.8. The van der Waals surface area contributed by atoms with E-state index in [4.69, 9.17) is 4.74 Å². The van der Waals surface area contributed by atoms with Crippen molar-refractivity contribution in [2.75, 3.05) is 0 Å². The first kappa shape index (κ1) is 15.3. The first-order chi connectivity index (χ1) is 9.33. The zero-order valence-electron chi connectivity index (χ0n) is 12.5. The molecule has 1 atom stereocenters. The molecule has 1 aliphatic carbocycles. The van der Waals surface area contributed by atoms with Gasteiger partial charge in [-0.15, -0.1) is 11.3 Å². The highest BCUT2D eigenvalue weighted by Crippen LogP contribution is 2.24. The third-order valence-corrected chi connectivity index (χ3v) is 3.84. The monoisotopic (exact) mass is 297 g/mol. The Bertz CT molecular complexity index is 436. The minimum absolute atomic E-state index is 0.213. The van der Waals surface area contributed by atoms with Crippen LogP contribution >= 0.6 is 11.3 Å². The number of nitrogens with one attached hydrogen (secondary N) is 2. The second kappa shape index (κ2) is 6.10. The molecule has 112 valence electrons. The summed E-state index contributed by atoms with van der Waals surface area (Å²) in [7, 11) is 0. The molecule has 5 nitrogen and oxygen atoms in total. The fourth-order valence-electron chi connectivity index (χ4n) is 2.22. The summed E-state index contributed by atoms with van der Waals surface area (Å²) in [4.78, 5) is 15.9. The largest absolute Gasteiger partial charge is 0.444 e. The number of nitrogens with zero attached hydrogens (tertiary/aromatic N) is 1. The summed E-state index contributed by atoms with van der Waals surface area (Å²) in [5, 5.41) is 8.48. The number of aromatic nitrogens is 1. The van der Waals surface area contributed by atoms with E-state index in [0.717, 1.165) is 18.5 Å². The highest BCUT2D eigenvalue weighted by molar-refractivity contribution is 7.07. The number of hydrogen-bond donors (Lipinski definition) is 2. The Morgan fingerprint density at radius 3 is 2.70 bits per heavy atom. The average Bonchev–Trinajstić information content (AvgIpc) is 2.76. The van der Waals surface area contributed by atoms with E-state index in [2.05, 4.69) is 27.9 Å². The third kappa shape index (κ3) is 4.45. The molecule has 2 N–H and O–H groups in total. The van der Waals surface area contributed by atoms with Crippen LogP contribution in [0.4, 0.5) is 4.79 Å². The van der Waals surface area contributed by atoms with Crippen molar-refractivity contribution in [1.82, 2.24) is 15.6 Å². The summed E-state index contributed by atoms with van der Waals surface area (Å²) < 4.78 is 5.24. The van der Waals surface area contributed by atoms with Gasteiger partial charge in [0.2, 0.25) is 0 Å². The molecule has 0 spiro atoms. The van der Waals surface area contributed by atoms with Gasteiger partial charge in [0.25, 0.3) is 0 Å². The van der Waals surface area contributed by atoms with E-state index in [1.807, 2.05) is 26.3 Å². The van der Waals surface area contributed by atoms with Gasteiger partial charge in [-0.1, -0.05) is 0 Å². The third-order valence-electron chi connectivity index (χ3n) is 3.24. The van der Waals surface area contributed by atoms with Gasteiger partial charge in [0, 0.05) is 23.5 Å². The molecule has 1 saturated carbocycles. The van der Waals surface area contributed by atoms with Crippen molar-refractivity contribution in [3.05, 3.63) is 16.6 Å². The highest BCUT2D eigenvalue weighted by Gasteiger charge is 2.32. The van der Waals surface area contributed by atoms with Crippen molar-refractivity contribution >= 4 is 17.4 Å². The summed E-state index contributed by atoms with van der Waals surface area (Å²) in [6.45, 7) is 7.72. The number of rotatable bonds is 4. The Morgan fingerprint density at radius 2 is 2.15 bits per heavy atom. The average molecular weight is 297 g/mol. The molecule has 0 bridgehead atoms. The van der Waals surface area contributed by atoms with Crippen LogP contribution in [0.25, 0.3) is 0 Å². The van der Waals surface area contributed by atoms with Gasteiger partial charge in [0.1, 0.15) is 5.60 Å². The van der Waals surface area contributed by atoms with Gasteiger partial charge in [-0.3, -0.25) is 0 Å². The second-order valence-corrected chi connectivity index (χ2v) is 7.03. The van der Waals surface area contributed by atoms with Gasteiger partial charge in [0.15, 0.2) is 0 Å². The molecule has 0 saturated heterocycles. The molecule has 6 heteroatoms. The SMILES string of the molecule is CC(NC1CC(NC(=O)OC(C)(C)C)C1)c1cscn1. The fourth-order valence-corrected chi connectivity index (χ4v) is 2.87. The topological polar surface area (TPSA) is 63.2 Å². The van der Waals surface area contributed by atoms with Gasteiger partial charge in [0.05, 0.1) is 11.2 Å². The zero-order chi connectivity index (χ0) is 14.8. The molecule has 20 heavy (non-hydrogen) atoms. The molecule has 1 amide bonds. The van der Waals surface area contributed by atoms with Crippen molar-refractivity contribution in [3.63, 3.8) is 0 Å². The van der Waals surface area contributed by atoms with Crippen LogP contribution in [-0.2, 0) is 4.74 Å². The van der Waals surface area contributed by atoms with Crippen molar-refractivity contribution in [1.29, 1.82) is 0 Å². The minimum atomic E-state index is -0.440. The number of amides is 1. The van der Waals surface area contributed by atoms with Crippen LogP contribution in [-0.4, -0.2) is 28.8 Å². The Labute approximate surface area is 124 Å². The molecule has 0 radical (unpaired) electrons. The lowest BCUT2D eigenvalue weighted by Crippen LogP contribution is -2.53. The summed E-state index contributed by atoms with van der Waals surface area (Å²) >= 11 is 1.61. The van der Waals surface area contributed by atoms with Crippen LogP contribution in [0.3, 0.4) is 0 Å². The first-order valence-corrected chi connectivity index (χ1v) is 7.91. The Kier molecular flexibility index (Phi) is 4.65. The number of carbonyl (C=O) groups is 1. The molecule has 1 fully saturated rings. The summed E-state index contributed by atoms with van der Waals surface area (Å²) in [6.07, 6.45) is 1.55. The van der Waals surface area contributed by atoms with E-state index in [1.165, 1.54) is 0 Å². The molecule has 1 aliphatic rings. The minimum Gasteiger partial charge on any atom is -0.444 e. The maximum absolute atomic E-state index is 11.6. The second-order valence-electron chi connectivity index (χ2n) is 6.31. The molecule has 0 aliphatic heterocycles. The van der Waals surface area contributed by atoms with Crippen LogP contribution < -0.4 is 10.6 Å². The molecule has 1 aromatic rings. The van der Waals surface area contributed by atoms with Gasteiger partial charge in [-0.25, -0.2) is 9.78 Å². The van der Waals surface area contributed by atoms with Gasteiger partial charge < -0.3 is 15.4 Å². The van der Waals surface area contributed by atoms with Gasteiger partial charge in [-0.05, 0) is 40.5 Å². The lowest BCUT2D eigenvalue weighted by atomic mass is 9.86. The molecule has 1 aromatic heterocycles. The standard InChI is InChI=1S/C14H23N3O2S/c1-9(12-7-20-8-15-12)16-10-5-11(6-10)17-13(18)19-14(2,3)4/h7-11,16H,5-6H2,1-4H3,(H,17,18). The maximum atomic E-state index is 11.6. The van der Waals surface area contributed by atoms with Crippen molar-refractivity contribution < 1.29 is 9.53 Å². The Hall–Kier alpha value is -1.14. The van der Waals surface area contributed by atoms with Crippen molar-refractivity contribution in [2.24, 2.45) is 0 Å². The smallest absolute Gasteiger partial charge is 0.407 e. The lowest BCUT2D eigenvalue weighted by Gasteiger charge is -2.38. The van der Waals surface area contributed by atoms with Gasteiger partial charge >= 0.3 is 6.09 Å². The van der Waals surface area contributed by atoms with E-state index in [0.29, 0.717) is 6.04 Å². The van der Waals surface area contributed by atoms with Crippen LogP contribution in [0.2, 0.25) is 0 Å². The highest BCUT2D eigenvalue weighted by atomic mass is 32.1. The number of hydrogen-bond acceptors (Lipinski definition) is 5. The molecule has 1 unspecified atom stereocenters. The van der Waals surface area contributed by atoms with Crippen LogP contribution in [0.5, 0.6) is 0 Å². The molecule has 1 heterocycles. The molecular weight excluding hydrogens is 274 g/mol. The number of ether oxygens (including phenoxy) is 1. The summed E-state index contributed by atoms with van der Waals surface area (Å²) in [6, 6.07) is 0.908. The predicted molar refractivity (Wildman–Crippen MR) is 79.8 cm³/mol. The molecule has 2 rings (SSSR count). The number of carbonyl (C=O) groups excluding carboxylic acids is 1. The first-order valence-electron chi connectivity index (χ1n) is 6.97. The van der Waals surface area contributed by atoms with E-state index < -0.39 is 5.60 Å². The van der Waals surface area contributed by atoms with Crippen LogP contribution in [0, 0.1) is 0 Å². The zero-order valence-corrected chi connectivity index (χ0v) is 13.3. The fraction of sp³-hybridized carbons (Fsp3) is 0.714. The molecular formula is C14H23N3O2S. The maximum Gasteiger partial charge on any atom is 0.407 e. The predicted octanol–water partition coefficient (Wildman–Crippen LogP) is 2.85. The van der Waals surface area contributed by atoms with E-state index in [9.17, 15) is 4.79 Å². The van der Waals surface area contributed by atoms with Crippen LogP contribution in [0.1, 0.15) is 52.3 Å². The van der Waals surface area contributed by atoms with E-state index in [-0.39, 0.29) is 18.2 Å². The Balaban J connectivity index is 1.66. The quantitative estimate of drug-likeness (QED) is 0.897. The van der Waals surface area contributed by atoms with E-state index >= 15 is 0 Å². The summed E-state index contributed by atoms with van der Waals surface area (Å²) in [5.41, 5.74) is 2.49. The molecule has 0 aromatic carbocycles.